The Morgan fingerprint density at radius 2 is 2.47 bits per heavy atom. The third kappa shape index (κ3) is 3.22. The van der Waals surface area contributed by atoms with Crippen molar-refractivity contribution in [3.8, 4) is 11.8 Å². The van der Waals surface area contributed by atoms with Crippen molar-refractivity contribution in [3.63, 3.8) is 0 Å². The van der Waals surface area contributed by atoms with Gasteiger partial charge in [0.15, 0.2) is 5.13 Å². The maximum atomic E-state index is 12.0. The molecule has 6 heteroatoms. The van der Waals surface area contributed by atoms with E-state index >= 15 is 0 Å². The van der Waals surface area contributed by atoms with E-state index in [1.807, 2.05) is 6.92 Å². The molecule has 5 nitrogen and oxygen atoms in total. The van der Waals surface area contributed by atoms with Crippen LogP contribution in [-0.4, -0.2) is 17.4 Å². The van der Waals surface area contributed by atoms with E-state index in [1.165, 1.54) is 17.6 Å². The zero-order valence-corrected chi connectivity index (χ0v) is 11.2. The molecular weight excluding hydrogens is 262 g/mol. The smallest absolute Gasteiger partial charge is 0.260 e. The molecule has 0 fully saturated rings. The van der Waals surface area contributed by atoms with Gasteiger partial charge in [0.25, 0.3) is 5.91 Å². The van der Waals surface area contributed by atoms with E-state index in [-0.39, 0.29) is 5.91 Å². The summed E-state index contributed by atoms with van der Waals surface area (Å²) in [5, 5.41) is 3.23. The molecule has 0 spiro atoms. The summed E-state index contributed by atoms with van der Waals surface area (Å²) in [4.78, 5) is 16.9. The Morgan fingerprint density at radius 3 is 3.21 bits per heavy atom. The minimum atomic E-state index is -0.224. The summed E-state index contributed by atoms with van der Waals surface area (Å²) in [7, 11) is 0. The van der Waals surface area contributed by atoms with E-state index in [0.29, 0.717) is 29.4 Å². The molecule has 0 aliphatic rings. The van der Waals surface area contributed by atoms with Crippen molar-refractivity contribution in [1.82, 2.24) is 4.98 Å². The van der Waals surface area contributed by atoms with E-state index in [2.05, 4.69) is 22.1 Å². The normalized spacial score (nSPS) is 9.79. The minimum absolute atomic E-state index is 0.224. The number of carbonyl (C=O) groups excluding carboxylic acids is 1. The van der Waals surface area contributed by atoms with Gasteiger partial charge >= 0.3 is 0 Å². The number of nitrogens with zero attached hydrogens (tertiary/aromatic N) is 1. The first-order valence-corrected chi connectivity index (χ1v) is 6.58. The molecule has 0 saturated heterocycles. The Labute approximate surface area is 114 Å². The Morgan fingerprint density at radius 1 is 1.63 bits per heavy atom. The highest BCUT2D eigenvalue weighted by atomic mass is 32.1. The van der Waals surface area contributed by atoms with E-state index in [1.54, 1.807) is 12.3 Å². The van der Waals surface area contributed by atoms with Crippen LogP contribution in [0.1, 0.15) is 27.9 Å². The lowest BCUT2D eigenvalue weighted by molar-refractivity contribution is 0.102. The van der Waals surface area contributed by atoms with Crippen molar-refractivity contribution >= 4 is 22.4 Å². The molecule has 0 unspecified atom stereocenters. The number of furan rings is 1. The number of amides is 1. The first-order valence-electron chi connectivity index (χ1n) is 5.77. The predicted octanol–water partition coefficient (Wildman–Crippen LogP) is 1.86. The molecule has 19 heavy (non-hydrogen) atoms. The first kappa shape index (κ1) is 13.3. The molecule has 0 aliphatic heterocycles. The molecule has 2 aromatic rings. The quantitative estimate of drug-likeness (QED) is 0.838. The molecule has 0 atom stereocenters. The molecule has 3 N–H and O–H groups in total. The summed E-state index contributed by atoms with van der Waals surface area (Å²) in [6, 6.07) is 1.65. The van der Waals surface area contributed by atoms with Crippen LogP contribution in [0.3, 0.4) is 0 Å². The second kappa shape index (κ2) is 6.18. The Balaban J connectivity index is 2.09. The van der Waals surface area contributed by atoms with Gasteiger partial charge in [-0.05, 0) is 6.07 Å². The fourth-order valence-electron chi connectivity index (χ4n) is 1.51. The Hall–Kier alpha value is -2.10. The highest BCUT2D eigenvalue weighted by molar-refractivity contribution is 7.16. The van der Waals surface area contributed by atoms with Crippen LogP contribution in [0.4, 0.5) is 5.13 Å². The average molecular weight is 275 g/mol. The van der Waals surface area contributed by atoms with Crippen molar-refractivity contribution in [2.45, 2.75) is 13.3 Å². The summed E-state index contributed by atoms with van der Waals surface area (Å²) in [5.41, 5.74) is 5.82. The number of aryl methyl sites for hydroxylation is 1. The molecule has 0 aromatic carbocycles. The van der Waals surface area contributed by atoms with Gasteiger partial charge in [0.2, 0.25) is 0 Å². The van der Waals surface area contributed by atoms with Crippen molar-refractivity contribution in [2.75, 3.05) is 11.9 Å². The van der Waals surface area contributed by atoms with Crippen LogP contribution in [0, 0.1) is 11.8 Å². The number of nitrogens with one attached hydrogen (secondary N) is 1. The van der Waals surface area contributed by atoms with E-state index < -0.39 is 0 Å². The number of nitrogens with two attached hydrogens (primary N) is 1. The zero-order chi connectivity index (χ0) is 13.7. The van der Waals surface area contributed by atoms with Gasteiger partial charge in [-0.15, -0.1) is 0 Å². The van der Waals surface area contributed by atoms with Crippen LogP contribution in [0.25, 0.3) is 0 Å². The highest BCUT2D eigenvalue weighted by Crippen LogP contribution is 2.19. The third-order valence-corrected chi connectivity index (χ3v) is 3.18. The van der Waals surface area contributed by atoms with Gasteiger partial charge in [-0.25, -0.2) is 4.98 Å². The van der Waals surface area contributed by atoms with Crippen molar-refractivity contribution in [3.05, 3.63) is 34.7 Å². The average Bonchev–Trinajstić information content (AvgIpc) is 3.04. The van der Waals surface area contributed by atoms with Crippen LogP contribution in [0.2, 0.25) is 0 Å². The summed E-state index contributed by atoms with van der Waals surface area (Å²) >= 11 is 1.31. The monoisotopic (exact) mass is 275 g/mol. The van der Waals surface area contributed by atoms with Crippen LogP contribution < -0.4 is 11.1 Å². The number of thiazole rings is 1. The third-order valence-electron chi connectivity index (χ3n) is 2.35. The molecule has 0 saturated carbocycles. The minimum Gasteiger partial charge on any atom is -0.469 e. The van der Waals surface area contributed by atoms with Crippen LogP contribution in [0.15, 0.2) is 22.9 Å². The first-order chi connectivity index (χ1) is 9.24. The highest BCUT2D eigenvalue weighted by Gasteiger charge is 2.14. The van der Waals surface area contributed by atoms with Gasteiger partial charge in [-0.2, -0.15) is 0 Å². The second-order valence-corrected chi connectivity index (χ2v) is 4.63. The second-order valence-electron chi connectivity index (χ2n) is 3.60. The lowest BCUT2D eigenvalue weighted by Gasteiger charge is -2.00. The largest absolute Gasteiger partial charge is 0.469 e. The predicted molar refractivity (Wildman–Crippen MR) is 74.1 cm³/mol. The van der Waals surface area contributed by atoms with Crippen LogP contribution >= 0.6 is 11.3 Å². The lowest BCUT2D eigenvalue weighted by atomic mass is 10.2. The van der Waals surface area contributed by atoms with E-state index in [4.69, 9.17) is 10.2 Å². The number of rotatable bonds is 3. The van der Waals surface area contributed by atoms with Gasteiger partial charge in [-0.3, -0.25) is 10.1 Å². The van der Waals surface area contributed by atoms with Crippen LogP contribution in [-0.2, 0) is 6.42 Å². The number of carbonyl (C=O) groups is 1. The summed E-state index contributed by atoms with van der Waals surface area (Å²) in [6.45, 7) is 2.23. The molecule has 0 radical (unpaired) electrons. The molecular formula is C13H13N3O2S. The van der Waals surface area contributed by atoms with Crippen molar-refractivity contribution in [1.29, 1.82) is 0 Å². The lowest BCUT2D eigenvalue weighted by Crippen LogP contribution is -2.12. The van der Waals surface area contributed by atoms with Gasteiger partial charge in [0.05, 0.1) is 29.4 Å². The van der Waals surface area contributed by atoms with E-state index in [0.717, 1.165) is 4.88 Å². The number of hydrogen-bond acceptors (Lipinski definition) is 5. The Bertz CT molecular complexity index is 634. The summed E-state index contributed by atoms with van der Waals surface area (Å²) in [6.07, 6.45) is 3.79. The van der Waals surface area contributed by atoms with Crippen molar-refractivity contribution < 1.29 is 9.21 Å². The van der Waals surface area contributed by atoms with Gasteiger partial charge < -0.3 is 10.2 Å². The van der Waals surface area contributed by atoms with Gasteiger partial charge in [0, 0.05) is 6.42 Å². The maximum Gasteiger partial charge on any atom is 0.260 e. The SMILES string of the molecule is CCc1occc1C(=O)Nc1ncc(C#CCN)s1. The molecule has 2 aromatic heterocycles. The molecule has 0 aliphatic carbocycles. The molecule has 1 amide bonds. The number of hydrogen-bond donors (Lipinski definition) is 2. The molecule has 98 valence electrons. The summed E-state index contributed by atoms with van der Waals surface area (Å²) < 4.78 is 5.22. The van der Waals surface area contributed by atoms with E-state index in [9.17, 15) is 4.79 Å². The fraction of sp³-hybridized carbons (Fsp3) is 0.231. The van der Waals surface area contributed by atoms with Crippen molar-refractivity contribution in [2.24, 2.45) is 5.73 Å². The Kier molecular flexibility index (Phi) is 4.34. The van der Waals surface area contributed by atoms with Gasteiger partial charge in [0.1, 0.15) is 5.76 Å². The zero-order valence-electron chi connectivity index (χ0n) is 10.4. The topological polar surface area (TPSA) is 81.2 Å². The molecule has 2 heterocycles. The molecule has 2 rings (SSSR count). The standard InChI is InChI=1S/C13H13N3O2S/c1-2-11-10(5-7-18-11)12(17)16-13-15-8-9(19-13)4-3-6-14/h5,7-8H,2,6,14H2,1H3,(H,15,16,17). The number of aromatic nitrogens is 1. The molecule has 0 bridgehead atoms. The number of anilines is 1. The fourth-order valence-corrected chi connectivity index (χ4v) is 2.20. The van der Waals surface area contributed by atoms with Crippen LogP contribution in [0.5, 0.6) is 0 Å². The summed E-state index contributed by atoms with van der Waals surface area (Å²) in [5.74, 6) is 6.04. The van der Waals surface area contributed by atoms with Gasteiger partial charge in [-0.1, -0.05) is 30.1 Å². The maximum absolute atomic E-state index is 12.0.